The molecule has 10 nitrogen and oxygen atoms in total. The largest absolute Gasteiger partial charge is 0.495 e. The number of aromatic hydroxyl groups is 1. The number of amides is 2. The van der Waals surface area contributed by atoms with Crippen molar-refractivity contribution in [2.24, 2.45) is 5.92 Å². The molecular weight excluding hydrogens is 426 g/mol. The quantitative estimate of drug-likeness (QED) is 0.524. The maximum atomic E-state index is 13.2. The van der Waals surface area contributed by atoms with E-state index < -0.39 is 17.7 Å². The van der Waals surface area contributed by atoms with E-state index >= 15 is 0 Å². The fraction of sp³-hybridized carbons (Fsp3) is 0.609. The number of nitrogens with one attached hydrogen (secondary N) is 2. The Bertz CT molecular complexity index is 939. The van der Waals surface area contributed by atoms with Gasteiger partial charge in [0.25, 0.3) is 0 Å². The lowest BCUT2D eigenvalue weighted by molar-refractivity contribution is -0.119. The van der Waals surface area contributed by atoms with Crippen LogP contribution < -0.4 is 15.4 Å². The van der Waals surface area contributed by atoms with Gasteiger partial charge in [-0.15, -0.1) is 0 Å². The van der Waals surface area contributed by atoms with Gasteiger partial charge in [-0.1, -0.05) is 25.7 Å². The second-order valence-corrected chi connectivity index (χ2v) is 9.43. The van der Waals surface area contributed by atoms with E-state index in [1.165, 1.54) is 26.0 Å². The first-order valence-electron chi connectivity index (χ1n) is 11.4. The molecule has 33 heavy (non-hydrogen) atoms. The number of ether oxygens (including phenoxy) is 2. The van der Waals surface area contributed by atoms with Crippen LogP contribution in [0.25, 0.3) is 0 Å². The number of hydrogen-bond donors (Lipinski definition) is 3. The maximum Gasteiger partial charge on any atom is 0.407 e. The minimum absolute atomic E-state index is 0.0104. The molecule has 1 atom stereocenters. The molecule has 0 aromatic carbocycles. The highest BCUT2D eigenvalue weighted by molar-refractivity contribution is 5.93. The van der Waals surface area contributed by atoms with Crippen molar-refractivity contribution >= 4 is 17.8 Å². The van der Waals surface area contributed by atoms with Crippen molar-refractivity contribution in [3.05, 3.63) is 24.5 Å². The van der Waals surface area contributed by atoms with Gasteiger partial charge in [-0.3, -0.25) is 9.48 Å². The number of alkyl carbamates (subject to hydrolysis) is 1. The molecule has 3 rings (SSSR count). The Morgan fingerprint density at radius 3 is 2.67 bits per heavy atom. The molecule has 2 aromatic heterocycles. The van der Waals surface area contributed by atoms with E-state index in [0.29, 0.717) is 37.0 Å². The van der Waals surface area contributed by atoms with E-state index in [4.69, 9.17) is 9.47 Å². The van der Waals surface area contributed by atoms with E-state index in [1.807, 2.05) is 0 Å². The number of rotatable bonds is 9. The summed E-state index contributed by atoms with van der Waals surface area (Å²) in [4.78, 5) is 24.9. The van der Waals surface area contributed by atoms with Gasteiger partial charge in [0.2, 0.25) is 5.91 Å². The predicted octanol–water partition coefficient (Wildman–Crippen LogP) is 3.68. The van der Waals surface area contributed by atoms with Crippen molar-refractivity contribution in [1.82, 2.24) is 19.7 Å². The average molecular weight is 462 g/mol. The normalized spacial score (nSPS) is 15.3. The molecule has 1 saturated carbocycles. The van der Waals surface area contributed by atoms with Crippen LogP contribution in [0.5, 0.6) is 11.6 Å². The number of nitrogens with zero attached hydrogens (tertiary/aromatic N) is 3. The van der Waals surface area contributed by atoms with Crippen LogP contribution in [0.1, 0.15) is 58.9 Å². The summed E-state index contributed by atoms with van der Waals surface area (Å²) in [7, 11) is 1.52. The summed E-state index contributed by atoms with van der Waals surface area (Å²) in [5.41, 5.74) is -0.555. The summed E-state index contributed by atoms with van der Waals surface area (Å²) in [5, 5.41) is 20.3. The molecule has 1 aliphatic rings. The number of hydrogen-bond acceptors (Lipinski definition) is 6. The minimum atomic E-state index is -0.573. The van der Waals surface area contributed by atoms with Crippen molar-refractivity contribution < 1.29 is 24.2 Å². The topological polar surface area (TPSA) is 120 Å². The Morgan fingerprint density at radius 1 is 1.30 bits per heavy atom. The second-order valence-electron chi connectivity index (χ2n) is 9.43. The molecule has 3 N–H and O–H groups in total. The molecule has 0 bridgehead atoms. The smallest absolute Gasteiger partial charge is 0.407 e. The average Bonchev–Trinajstić information content (AvgIpc) is 3.46. The van der Waals surface area contributed by atoms with Crippen molar-refractivity contribution in [3.8, 4) is 11.6 Å². The number of aromatic nitrogens is 3. The highest BCUT2D eigenvalue weighted by atomic mass is 16.6. The van der Waals surface area contributed by atoms with Gasteiger partial charge in [0.1, 0.15) is 17.4 Å². The number of carbonyl (C=O) groups is 2. The summed E-state index contributed by atoms with van der Waals surface area (Å²) < 4.78 is 13.6. The monoisotopic (exact) mass is 461 g/mol. The van der Waals surface area contributed by atoms with Crippen LogP contribution in [0.4, 0.5) is 10.6 Å². The Kier molecular flexibility index (Phi) is 7.88. The maximum absolute atomic E-state index is 13.2. The van der Waals surface area contributed by atoms with Crippen LogP contribution in [-0.2, 0) is 16.1 Å². The zero-order valence-corrected chi connectivity index (χ0v) is 19.8. The molecule has 1 aliphatic carbocycles. The van der Waals surface area contributed by atoms with Crippen molar-refractivity contribution in [3.63, 3.8) is 0 Å². The first-order valence-corrected chi connectivity index (χ1v) is 11.4. The molecule has 182 valence electrons. The zero-order valence-electron chi connectivity index (χ0n) is 19.8. The van der Waals surface area contributed by atoms with Gasteiger partial charge in [0, 0.05) is 24.9 Å². The molecule has 2 amide bonds. The predicted molar refractivity (Wildman–Crippen MR) is 123 cm³/mol. The minimum Gasteiger partial charge on any atom is -0.495 e. The van der Waals surface area contributed by atoms with Gasteiger partial charge in [0.15, 0.2) is 11.7 Å². The molecule has 0 unspecified atom stereocenters. The molecule has 10 heteroatoms. The summed E-state index contributed by atoms with van der Waals surface area (Å²) in [6.07, 6.45) is 8.04. The van der Waals surface area contributed by atoms with Crippen LogP contribution in [0, 0.1) is 5.92 Å². The lowest BCUT2D eigenvalue weighted by Crippen LogP contribution is -2.34. The lowest BCUT2D eigenvalue weighted by Gasteiger charge is -2.22. The zero-order chi connectivity index (χ0) is 24.0. The Hall–Kier alpha value is -3.17. The standard InChI is InChI=1S/C23H35N5O5/c1-23(2,3)33-22(31)24-10-12-27-11-9-19(26-27)25-21(30)18(13-16-7-5-6-8-16)28-15-17(32-4)14-20(28)29/h9,11,14-16,18,29H,5-8,10,12-13H2,1-4H3,(H,24,31)(H,25,26,30)/t18-/m0/s1. The molecule has 2 aromatic rings. The lowest BCUT2D eigenvalue weighted by atomic mass is 9.97. The van der Waals surface area contributed by atoms with E-state index in [9.17, 15) is 14.7 Å². The van der Waals surface area contributed by atoms with Gasteiger partial charge < -0.3 is 29.8 Å². The highest BCUT2D eigenvalue weighted by Gasteiger charge is 2.29. The van der Waals surface area contributed by atoms with E-state index in [0.717, 1.165) is 12.8 Å². The third kappa shape index (κ3) is 7.16. The third-order valence-corrected chi connectivity index (χ3v) is 5.61. The summed E-state index contributed by atoms with van der Waals surface area (Å²) in [6, 6.07) is 2.63. The molecule has 0 saturated heterocycles. The van der Waals surface area contributed by atoms with Gasteiger partial charge in [-0.2, -0.15) is 5.10 Å². The van der Waals surface area contributed by atoms with Crippen LogP contribution in [0.15, 0.2) is 24.5 Å². The van der Waals surface area contributed by atoms with Gasteiger partial charge in [0.05, 0.1) is 19.9 Å². The van der Waals surface area contributed by atoms with Crippen LogP contribution in [0.2, 0.25) is 0 Å². The van der Waals surface area contributed by atoms with Crippen LogP contribution in [-0.4, -0.2) is 50.7 Å². The fourth-order valence-electron chi connectivity index (χ4n) is 4.06. The molecule has 0 radical (unpaired) electrons. The Morgan fingerprint density at radius 2 is 2.03 bits per heavy atom. The van der Waals surface area contributed by atoms with Gasteiger partial charge >= 0.3 is 6.09 Å². The first-order chi connectivity index (χ1) is 15.6. The van der Waals surface area contributed by atoms with E-state index in [-0.39, 0.29) is 11.8 Å². The van der Waals surface area contributed by atoms with E-state index in [2.05, 4.69) is 15.7 Å². The second kappa shape index (κ2) is 10.6. The first kappa shape index (κ1) is 24.5. The van der Waals surface area contributed by atoms with Crippen molar-refractivity contribution in [2.45, 2.75) is 71.1 Å². The van der Waals surface area contributed by atoms with E-state index in [1.54, 1.807) is 48.5 Å². The van der Waals surface area contributed by atoms with Gasteiger partial charge in [-0.05, 0) is 33.1 Å². The number of anilines is 1. The Balaban J connectivity index is 1.60. The van der Waals surface area contributed by atoms with Crippen LogP contribution in [0.3, 0.4) is 0 Å². The van der Waals surface area contributed by atoms with Crippen LogP contribution >= 0.6 is 0 Å². The highest BCUT2D eigenvalue weighted by Crippen LogP contribution is 2.35. The SMILES string of the molecule is COc1cc(O)n([C@@H](CC2CCCC2)C(=O)Nc2ccn(CCNC(=O)OC(C)(C)C)n2)c1. The molecule has 1 fully saturated rings. The summed E-state index contributed by atoms with van der Waals surface area (Å²) in [5.74, 6) is 1.09. The molecule has 0 aliphatic heterocycles. The molecule has 2 heterocycles. The van der Waals surface area contributed by atoms with Crippen molar-refractivity contribution in [2.75, 3.05) is 19.0 Å². The third-order valence-electron chi connectivity index (χ3n) is 5.61. The summed E-state index contributed by atoms with van der Waals surface area (Å²) >= 11 is 0. The fourth-order valence-corrected chi connectivity index (χ4v) is 4.06. The van der Waals surface area contributed by atoms with Crippen molar-refractivity contribution in [1.29, 1.82) is 0 Å². The number of methoxy groups -OCH3 is 1. The van der Waals surface area contributed by atoms with Gasteiger partial charge in [-0.25, -0.2) is 4.79 Å². The molecular formula is C23H35N5O5. The number of carbonyl (C=O) groups excluding carboxylic acids is 2. The summed E-state index contributed by atoms with van der Waals surface area (Å²) in [6.45, 7) is 6.18. The Labute approximate surface area is 194 Å². The molecule has 0 spiro atoms.